The highest BCUT2D eigenvalue weighted by atomic mass is 32.1. The number of hydrogen-bond donors (Lipinski definition) is 1. The van der Waals surface area contributed by atoms with Crippen molar-refractivity contribution in [2.75, 3.05) is 39.3 Å². The molecule has 1 aliphatic heterocycles. The molecule has 1 saturated heterocycles. The summed E-state index contributed by atoms with van der Waals surface area (Å²) in [5, 5.41) is 4.32. The minimum atomic E-state index is -0.122. The lowest BCUT2D eigenvalue weighted by atomic mass is 9.77. The van der Waals surface area contributed by atoms with Gasteiger partial charge in [0.1, 0.15) is 5.82 Å². The summed E-state index contributed by atoms with van der Waals surface area (Å²) in [6, 6.07) is 14.2. The minimum Gasteiger partial charge on any atom is -0.363 e. The van der Waals surface area contributed by atoms with Gasteiger partial charge in [-0.15, -0.1) is 0 Å². The number of halogens is 1. The number of benzene rings is 2. The molecule has 0 aromatic heterocycles. The van der Waals surface area contributed by atoms with Crippen LogP contribution in [0.1, 0.15) is 74.1 Å². The molecule has 184 valence electrons. The van der Waals surface area contributed by atoms with Crippen molar-refractivity contribution >= 4 is 17.3 Å². The highest BCUT2D eigenvalue weighted by molar-refractivity contribution is 7.80. The molecule has 34 heavy (non-hydrogen) atoms. The Morgan fingerprint density at radius 2 is 1.82 bits per heavy atom. The number of thiocarbonyl (C=S) groups is 1. The fourth-order valence-electron chi connectivity index (χ4n) is 5.80. The summed E-state index contributed by atoms with van der Waals surface area (Å²) >= 11 is 5.60. The Bertz CT molecular complexity index is 970. The van der Waals surface area contributed by atoms with E-state index in [1.165, 1.54) is 28.7 Å². The first-order valence-electron chi connectivity index (χ1n) is 13.1. The average molecular weight is 482 g/mol. The summed E-state index contributed by atoms with van der Waals surface area (Å²) in [5.74, 6) is 1.16. The number of rotatable bonds is 7. The first-order valence-corrected chi connectivity index (χ1v) is 13.5. The van der Waals surface area contributed by atoms with E-state index in [1.54, 1.807) is 12.1 Å². The molecule has 0 radical (unpaired) electrons. The van der Waals surface area contributed by atoms with Crippen molar-refractivity contribution in [1.29, 1.82) is 0 Å². The van der Waals surface area contributed by atoms with Gasteiger partial charge in [-0.2, -0.15) is 0 Å². The molecule has 4 rings (SSSR count). The third kappa shape index (κ3) is 5.98. The van der Waals surface area contributed by atoms with E-state index in [0.29, 0.717) is 17.8 Å². The first-order chi connectivity index (χ1) is 16.5. The van der Waals surface area contributed by atoms with Crippen LogP contribution >= 0.6 is 12.2 Å². The molecule has 5 heteroatoms. The molecule has 1 fully saturated rings. The Hall–Kier alpha value is -1.98. The van der Waals surface area contributed by atoms with Crippen LogP contribution in [-0.4, -0.2) is 54.2 Å². The van der Waals surface area contributed by atoms with Gasteiger partial charge in [-0.25, -0.2) is 4.39 Å². The van der Waals surface area contributed by atoms with E-state index in [4.69, 9.17) is 12.2 Å². The molecule has 1 heterocycles. The summed E-state index contributed by atoms with van der Waals surface area (Å²) in [4.78, 5) is 4.91. The molecule has 2 aromatic rings. The van der Waals surface area contributed by atoms with Gasteiger partial charge < -0.3 is 10.2 Å². The number of piperazine rings is 1. The topological polar surface area (TPSA) is 18.5 Å². The van der Waals surface area contributed by atoms with Crippen LogP contribution in [0.15, 0.2) is 42.5 Å². The molecule has 1 N–H and O–H groups in total. The molecule has 1 unspecified atom stereocenters. The van der Waals surface area contributed by atoms with Crippen LogP contribution < -0.4 is 5.32 Å². The van der Waals surface area contributed by atoms with Crippen molar-refractivity contribution in [2.24, 2.45) is 5.92 Å². The summed E-state index contributed by atoms with van der Waals surface area (Å²) in [6.07, 6.45) is 4.36. The summed E-state index contributed by atoms with van der Waals surface area (Å²) in [5.41, 5.74) is 5.31. The minimum absolute atomic E-state index is 0.122. The summed E-state index contributed by atoms with van der Waals surface area (Å²) in [7, 11) is 0. The summed E-state index contributed by atoms with van der Waals surface area (Å²) < 4.78 is 14.2. The second-order valence-corrected chi connectivity index (χ2v) is 10.7. The Balaban J connectivity index is 1.39. The monoisotopic (exact) mass is 481 g/mol. The third-order valence-electron chi connectivity index (χ3n) is 7.73. The van der Waals surface area contributed by atoms with Gasteiger partial charge in [-0.3, -0.25) is 4.90 Å². The highest BCUT2D eigenvalue weighted by Gasteiger charge is 2.30. The zero-order chi connectivity index (χ0) is 24.1. The van der Waals surface area contributed by atoms with Crippen LogP contribution in [0.4, 0.5) is 4.39 Å². The maximum absolute atomic E-state index is 14.2. The number of hydrogen-bond acceptors (Lipinski definition) is 2. The number of fused-ring (bicyclic) bond motifs is 2. The molecule has 3 nitrogen and oxygen atoms in total. The van der Waals surface area contributed by atoms with Gasteiger partial charge in [-0.1, -0.05) is 57.5 Å². The van der Waals surface area contributed by atoms with Crippen LogP contribution in [0.5, 0.6) is 0 Å². The van der Waals surface area contributed by atoms with Crippen molar-refractivity contribution < 1.29 is 4.39 Å². The third-order valence-corrected chi connectivity index (χ3v) is 8.13. The summed E-state index contributed by atoms with van der Waals surface area (Å²) in [6.45, 7) is 13.1. The second kappa shape index (κ2) is 11.6. The van der Waals surface area contributed by atoms with Crippen LogP contribution in [0.2, 0.25) is 0 Å². The van der Waals surface area contributed by atoms with E-state index in [2.05, 4.69) is 60.2 Å². The normalized spacial score (nSPS) is 21.4. The largest absolute Gasteiger partial charge is 0.363 e. The average Bonchev–Trinajstić information content (AvgIpc) is 2.94. The van der Waals surface area contributed by atoms with Gasteiger partial charge in [-0.05, 0) is 83.6 Å². The van der Waals surface area contributed by atoms with Crippen LogP contribution in [-0.2, 0) is 6.42 Å². The molecule has 0 saturated carbocycles. The van der Waals surface area contributed by atoms with Gasteiger partial charge >= 0.3 is 0 Å². The van der Waals surface area contributed by atoms with Gasteiger partial charge in [0.05, 0.1) is 0 Å². The molecule has 3 atom stereocenters. The lowest BCUT2D eigenvalue weighted by Gasteiger charge is -2.38. The van der Waals surface area contributed by atoms with Crippen molar-refractivity contribution in [3.8, 4) is 0 Å². The van der Waals surface area contributed by atoms with E-state index in [0.717, 1.165) is 63.6 Å². The van der Waals surface area contributed by atoms with Gasteiger partial charge in [0, 0.05) is 39.3 Å². The Morgan fingerprint density at radius 3 is 2.59 bits per heavy atom. The zero-order valence-corrected chi connectivity index (χ0v) is 21.8. The molecule has 2 aromatic carbocycles. The fraction of sp³-hybridized carbons (Fsp3) is 0.552. The highest BCUT2D eigenvalue weighted by Crippen LogP contribution is 2.43. The predicted molar refractivity (Wildman–Crippen MR) is 144 cm³/mol. The van der Waals surface area contributed by atoms with Crippen LogP contribution in [0, 0.1) is 11.7 Å². The van der Waals surface area contributed by atoms with Crippen molar-refractivity contribution in [3.63, 3.8) is 0 Å². The Labute approximate surface area is 210 Å². The van der Waals surface area contributed by atoms with Crippen molar-refractivity contribution in [2.45, 2.75) is 58.3 Å². The Morgan fingerprint density at radius 1 is 1.09 bits per heavy atom. The molecular weight excluding hydrogens is 441 g/mol. The van der Waals surface area contributed by atoms with E-state index < -0.39 is 0 Å². The second-order valence-electron chi connectivity index (χ2n) is 10.3. The number of nitrogens with one attached hydrogen (secondary N) is 1. The van der Waals surface area contributed by atoms with Gasteiger partial charge in [0.2, 0.25) is 0 Å². The molecule has 2 aliphatic rings. The van der Waals surface area contributed by atoms with E-state index in [-0.39, 0.29) is 5.82 Å². The molecule has 0 amide bonds. The first kappa shape index (κ1) is 25.1. The molecule has 0 spiro atoms. The van der Waals surface area contributed by atoms with Crippen LogP contribution in [0.25, 0.3) is 0 Å². The van der Waals surface area contributed by atoms with E-state index >= 15 is 0 Å². The number of unbranched alkanes of at least 4 members (excludes halogenated alkanes) is 1. The van der Waals surface area contributed by atoms with Crippen LogP contribution in [0.3, 0.4) is 0 Å². The van der Waals surface area contributed by atoms with Crippen molar-refractivity contribution in [1.82, 2.24) is 15.1 Å². The van der Waals surface area contributed by atoms with Gasteiger partial charge in [0.25, 0.3) is 0 Å². The molecule has 0 bridgehead atoms. The quantitative estimate of drug-likeness (QED) is 0.390. The maximum Gasteiger partial charge on any atom is 0.169 e. The Kier molecular flexibility index (Phi) is 8.60. The SMILES string of the molecule is CCCCNC(=S)N1CCN(C[C@H](C)C[C@@H]2c3ccccc3Cc3ccc(F)cc3C2C)CC1. The maximum atomic E-state index is 14.2. The van der Waals surface area contributed by atoms with Crippen molar-refractivity contribution in [3.05, 3.63) is 70.5 Å². The molecule has 1 aliphatic carbocycles. The lowest BCUT2D eigenvalue weighted by Crippen LogP contribution is -2.52. The predicted octanol–water partition coefficient (Wildman–Crippen LogP) is 5.94. The lowest BCUT2D eigenvalue weighted by molar-refractivity contribution is 0.156. The smallest absolute Gasteiger partial charge is 0.169 e. The standard InChI is InChI=1S/C29H40FN3S/c1-4-5-12-31-29(34)33-15-13-32(14-16-33)20-21(2)17-28-22(3)27-19-25(30)11-10-24(27)18-23-8-6-7-9-26(23)28/h6-11,19,21-22,28H,4-5,12-18,20H2,1-3H3,(H,31,34)/t21-,22?,28+/m1/s1. The van der Waals surface area contributed by atoms with E-state index in [1.807, 2.05) is 6.07 Å². The fourth-order valence-corrected chi connectivity index (χ4v) is 6.08. The zero-order valence-electron chi connectivity index (χ0n) is 21.0. The van der Waals surface area contributed by atoms with Gasteiger partial charge in [0.15, 0.2) is 5.11 Å². The number of nitrogens with zero attached hydrogens (tertiary/aromatic N) is 2. The van der Waals surface area contributed by atoms with E-state index in [9.17, 15) is 4.39 Å². The molecular formula is C29H40FN3S.